The minimum absolute atomic E-state index is 0.0271. The minimum Gasteiger partial charge on any atom is -0.493 e. The molecular weight excluding hydrogens is 418 g/mol. The average molecular weight is 448 g/mol. The molecule has 0 aromatic heterocycles. The van der Waals surface area contributed by atoms with E-state index in [-0.39, 0.29) is 23.8 Å². The molecule has 31 heavy (non-hydrogen) atoms. The number of nitrogens with zero attached hydrogens (tertiary/aromatic N) is 2. The Morgan fingerprint density at radius 2 is 1.87 bits per heavy atom. The minimum atomic E-state index is -0.724. The summed E-state index contributed by atoms with van der Waals surface area (Å²) in [6, 6.07) is 5.44. The van der Waals surface area contributed by atoms with Crippen LogP contribution in [0.5, 0.6) is 11.5 Å². The van der Waals surface area contributed by atoms with Crippen LogP contribution in [0.15, 0.2) is 18.2 Å². The van der Waals surface area contributed by atoms with Crippen LogP contribution in [-0.2, 0) is 16.0 Å². The molecular formula is C22H29N3O5S. The summed E-state index contributed by atoms with van der Waals surface area (Å²) in [7, 11) is 3.20. The molecule has 1 atom stereocenters. The summed E-state index contributed by atoms with van der Waals surface area (Å²) in [5.41, 5.74) is 0.332. The van der Waals surface area contributed by atoms with Gasteiger partial charge in [-0.2, -0.15) is 11.8 Å². The largest absolute Gasteiger partial charge is 0.493 e. The number of ether oxygens (including phenoxy) is 2. The van der Waals surface area contributed by atoms with Crippen molar-refractivity contribution >= 4 is 29.6 Å². The fraction of sp³-hybridized carbons (Fsp3) is 0.591. The van der Waals surface area contributed by atoms with Gasteiger partial charge in [0.1, 0.15) is 5.54 Å². The van der Waals surface area contributed by atoms with Crippen LogP contribution in [0.2, 0.25) is 0 Å². The maximum Gasteiger partial charge on any atom is 0.325 e. The number of imide groups is 1. The van der Waals surface area contributed by atoms with Crippen molar-refractivity contribution in [2.45, 2.75) is 31.2 Å². The molecule has 1 N–H and O–H groups in total. The SMILES string of the molecule is COc1ccc(CCN2CC(CN3C(=O)NC4(CCSCC4)C3=O)CC2=O)cc1OC. The third kappa shape index (κ3) is 4.33. The molecule has 3 aliphatic heterocycles. The number of hydrogen-bond donors (Lipinski definition) is 1. The van der Waals surface area contributed by atoms with Crippen LogP contribution in [0.25, 0.3) is 0 Å². The molecule has 0 radical (unpaired) electrons. The van der Waals surface area contributed by atoms with Gasteiger partial charge in [0.2, 0.25) is 5.91 Å². The van der Waals surface area contributed by atoms with E-state index in [2.05, 4.69) is 5.32 Å². The number of thioether (sulfide) groups is 1. The summed E-state index contributed by atoms with van der Waals surface area (Å²) in [5, 5.41) is 2.94. The normalized spacial score (nSPS) is 22.9. The summed E-state index contributed by atoms with van der Waals surface area (Å²) in [5.74, 6) is 3.03. The van der Waals surface area contributed by atoms with E-state index in [1.54, 1.807) is 14.2 Å². The zero-order chi connectivity index (χ0) is 22.0. The third-order valence-corrected chi connectivity index (χ3v) is 7.43. The van der Waals surface area contributed by atoms with E-state index in [9.17, 15) is 14.4 Å². The number of carbonyl (C=O) groups is 3. The Morgan fingerprint density at radius 1 is 1.13 bits per heavy atom. The van der Waals surface area contributed by atoms with Crippen molar-refractivity contribution in [3.05, 3.63) is 23.8 Å². The number of hydrogen-bond acceptors (Lipinski definition) is 6. The second-order valence-electron chi connectivity index (χ2n) is 8.39. The van der Waals surface area contributed by atoms with Gasteiger partial charge in [-0.25, -0.2) is 4.79 Å². The zero-order valence-electron chi connectivity index (χ0n) is 18.0. The molecule has 1 aromatic rings. The number of amides is 4. The van der Waals surface area contributed by atoms with Gasteiger partial charge in [0.15, 0.2) is 11.5 Å². The highest BCUT2D eigenvalue weighted by atomic mass is 32.2. The Kier molecular flexibility index (Phi) is 6.31. The number of nitrogens with one attached hydrogen (secondary N) is 1. The maximum absolute atomic E-state index is 13.0. The second kappa shape index (κ2) is 8.98. The first-order chi connectivity index (χ1) is 15.0. The maximum atomic E-state index is 13.0. The monoisotopic (exact) mass is 447 g/mol. The van der Waals surface area contributed by atoms with E-state index in [1.165, 1.54) is 4.90 Å². The number of carbonyl (C=O) groups excluding carboxylic acids is 3. The van der Waals surface area contributed by atoms with Gasteiger partial charge in [-0.1, -0.05) is 6.07 Å². The molecule has 4 amide bonds. The molecule has 9 heteroatoms. The van der Waals surface area contributed by atoms with Crippen LogP contribution in [0, 0.1) is 5.92 Å². The summed E-state index contributed by atoms with van der Waals surface area (Å²) < 4.78 is 10.6. The van der Waals surface area contributed by atoms with Crippen molar-refractivity contribution in [3.63, 3.8) is 0 Å². The van der Waals surface area contributed by atoms with E-state index < -0.39 is 5.54 Å². The molecule has 1 spiro atoms. The number of rotatable bonds is 7. The third-order valence-electron chi connectivity index (χ3n) is 6.45. The Balaban J connectivity index is 1.33. The molecule has 3 saturated heterocycles. The standard InChI is InChI=1S/C22H29N3O5S/c1-29-17-4-3-15(11-18(17)30-2)5-8-24-13-16(12-19(24)26)14-25-20(27)22(23-21(25)28)6-9-31-10-7-22/h3-4,11,16H,5-10,12-14H2,1-2H3,(H,23,28). The van der Waals surface area contributed by atoms with Crippen molar-refractivity contribution in [2.24, 2.45) is 5.92 Å². The predicted octanol–water partition coefficient (Wildman–Crippen LogP) is 1.91. The molecule has 3 fully saturated rings. The van der Waals surface area contributed by atoms with Crippen LogP contribution in [-0.4, -0.2) is 78.5 Å². The molecule has 3 heterocycles. The molecule has 0 bridgehead atoms. The van der Waals surface area contributed by atoms with Crippen LogP contribution >= 0.6 is 11.8 Å². The lowest BCUT2D eigenvalue weighted by Crippen LogP contribution is -2.49. The number of likely N-dealkylation sites (tertiary alicyclic amines) is 1. The van der Waals surface area contributed by atoms with Crippen LogP contribution in [0.3, 0.4) is 0 Å². The molecule has 0 aliphatic carbocycles. The highest BCUT2D eigenvalue weighted by Crippen LogP contribution is 2.34. The van der Waals surface area contributed by atoms with E-state index in [4.69, 9.17) is 9.47 Å². The van der Waals surface area contributed by atoms with Crippen molar-refractivity contribution in [2.75, 3.05) is 45.4 Å². The van der Waals surface area contributed by atoms with Crippen molar-refractivity contribution in [3.8, 4) is 11.5 Å². The smallest absolute Gasteiger partial charge is 0.325 e. The molecule has 168 valence electrons. The molecule has 8 nitrogen and oxygen atoms in total. The predicted molar refractivity (Wildman–Crippen MR) is 117 cm³/mol. The van der Waals surface area contributed by atoms with Crippen molar-refractivity contribution in [1.29, 1.82) is 0 Å². The van der Waals surface area contributed by atoms with Crippen LogP contribution < -0.4 is 14.8 Å². The summed E-state index contributed by atoms with van der Waals surface area (Å²) in [6.07, 6.45) is 2.42. The molecule has 3 aliphatic rings. The molecule has 1 unspecified atom stereocenters. The van der Waals surface area contributed by atoms with Gasteiger partial charge in [-0.3, -0.25) is 14.5 Å². The Bertz CT molecular complexity index is 871. The van der Waals surface area contributed by atoms with Gasteiger partial charge in [0.25, 0.3) is 5.91 Å². The van der Waals surface area contributed by atoms with E-state index in [0.717, 1.165) is 17.1 Å². The van der Waals surface area contributed by atoms with E-state index in [0.29, 0.717) is 56.8 Å². The molecule has 1 aromatic carbocycles. The van der Waals surface area contributed by atoms with Gasteiger partial charge in [0.05, 0.1) is 14.2 Å². The molecule has 4 rings (SSSR count). The van der Waals surface area contributed by atoms with Crippen LogP contribution in [0.4, 0.5) is 4.79 Å². The first kappa shape index (κ1) is 21.8. The molecule has 0 saturated carbocycles. The Hall–Kier alpha value is -2.42. The van der Waals surface area contributed by atoms with E-state index >= 15 is 0 Å². The first-order valence-corrected chi connectivity index (χ1v) is 11.8. The number of benzene rings is 1. The van der Waals surface area contributed by atoms with E-state index in [1.807, 2.05) is 34.9 Å². The summed E-state index contributed by atoms with van der Waals surface area (Å²) >= 11 is 1.81. The summed E-state index contributed by atoms with van der Waals surface area (Å²) in [4.78, 5) is 41.2. The van der Waals surface area contributed by atoms with Gasteiger partial charge in [-0.05, 0) is 48.5 Å². The highest BCUT2D eigenvalue weighted by Gasteiger charge is 2.52. The van der Waals surface area contributed by atoms with Crippen molar-refractivity contribution in [1.82, 2.24) is 15.1 Å². The quantitative estimate of drug-likeness (QED) is 0.643. The van der Waals surface area contributed by atoms with Crippen molar-refractivity contribution < 1.29 is 23.9 Å². The zero-order valence-corrected chi connectivity index (χ0v) is 18.8. The lowest BCUT2D eigenvalue weighted by Gasteiger charge is -2.30. The van der Waals surface area contributed by atoms with Gasteiger partial charge >= 0.3 is 6.03 Å². The lowest BCUT2D eigenvalue weighted by molar-refractivity contribution is -0.132. The average Bonchev–Trinajstić information content (AvgIpc) is 3.24. The Morgan fingerprint density at radius 3 is 2.58 bits per heavy atom. The van der Waals surface area contributed by atoms with Crippen LogP contribution in [0.1, 0.15) is 24.8 Å². The topological polar surface area (TPSA) is 88.2 Å². The highest BCUT2D eigenvalue weighted by molar-refractivity contribution is 7.99. The first-order valence-electron chi connectivity index (χ1n) is 10.7. The van der Waals surface area contributed by atoms with Gasteiger partial charge in [0, 0.05) is 32.0 Å². The fourth-order valence-corrected chi connectivity index (χ4v) is 5.84. The number of methoxy groups -OCH3 is 2. The fourth-order valence-electron chi connectivity index (χ4n) is 4.65. The van der Waals surface area contributed by atoms with Gasteiger partial charge in [-0.15, -0.1) is 0 Å². The van der Waals surface area contributed by atoms with Gasteiger partial charge < -0.3 is 19.7 Å². The second-order valence-corrected chi connectivity index (χ2v) is 9.61. The number of urea groups is 1. The lowest BCUT2D eigenvalue weighted by atomic mass is 9.92. The summed E-state index contributed by atoms with van der Waals surface area (Å²) in [6.45, 7) is 1.45. The Labute approximate surface area is 186 Å².